The third-order valence-electron chi connectivity index (χ3n) is 4.43. The van der Waals surface area contributed by atoms with Crippen molar-refractivity contribution in [2.45, 2.75) is 24.5 Å². The standard InChI is InChI=1S/C23H23NO6S/c1-17-7-13-21(14-8-17)31(27,28)30-20-11-9-19(10-12-20)22(25)15-24-23(26)29-16-18-5-3-2-4-6-18/h2-14,22,25H,15-16H2,1H3,(H,24,26)/t22-/m1/s1. The smallest absolute Gasteiger partial charge is 0.407 e. The van der Waals surface area contributed by atoms with E-state index in [4.69, 9.17) is 8.92 Å². The zero-order valence-corrected chi connectivity index (χ0v) is 17.7. The van der Waals surface area contributed by atoms with Gasteiger partial charge in [-0.05, 0) is 42.3 Å². The highest BCUT2D eigenvalue weighted by Crippen LogP contribution is 2.22. The van der Waals surface area contributed by atoms with Gasteiger partial charge in [-0.15, -0.1) is 0 Å². The summed E-state index contributed by atoms with van der Waals surface area (Å²) in [5, 5.41) is 12.7. The Morgan fingerprint density at radius 1 is 0.968 bits per heavy atom. The monoisotopic (exact) mass is 441 g/mol. The molecule has 0 bridgehead atoms. The first-order valence-corrected chi connectivity index (χ1v) is 11.0. The van der Waals surface area contributed by atoms with Gasteiger partial charge in [-0.25, -0.2) is 4.79 Å². The Hall–Kier alpha value is -3.36. The molecule has 3 aromatic carbocycles. The molecular formula is C23H23NO6S. The molecule has 0 aliphatic rings. The van der Waals surface area contributed by atoms with Crippen molar-refractivity contribution in [1.82, 2.24) is 5.32 Å². The van der Waals surface area contributed by atoms with Gasteiger partial charge in [0.2, 0.25) is 0 Å². The van der Waals surface area contributed by atoms with E-state index in [9.17, 15) is 18.3 Å². The summed E-state index contributed by atoms with van der Waals surface area (Å²) in [4.78, 5) is 11.8. The molecule has 0 aliphatic heterocycles. The number of hydrogen-bond donors (Lipinski definition) is 2. The Morgan fingerprint density at radius 3 is 2.26 bits per heavy atom. The van der Waals surface area contributed by atoms with Crippen molar-refractivity contribution in [2.24, 2.45) is 0 Å². The van der Waals surface area contributed by atoms with E-state index < -0.39 is 22.3 Å². The Labute approximate surface area is 181 Å². The predicted octanol–water partition coefficient (Wildman–Crippen LogP) is 3.72. The highest BCUT2D eigenvalue weighted by atomic mass is 32.2. The third kappa shape index (κ3) is 6.56. The van der Waals surface area contributed by atoms with Gasteiger partial charge in [-0.1, -0.05) is 60.2 Å². The van der Waals surface area contributed by atoms with Gasteiger partial charge in [0.1, 0.15) is 17.3 Å². The summed E-state index contributed by atoms with van der Waals surface area (Å²) in [5.41, 5.74) is 2.28. The zero-order valence-electron chi connectivity index (χ0n) is 16.9. The molecule has 0 aromatic heterocycles. The fourth-order valence-corrected chi connectivity index (χ4v) is 3.63. The first kappa shape index (κ1) is 22.3. The molecule has 8 heteroatoms. The lowest BCUT2D eigenvalue weighted by molar-refractivity contribution is 0.126. The van der Waals surface area contributed by atoms with Crippen LogP contribution in [0.2, 0.25) is 0 Å². The second-order valence-corrected chi connectivity index (χ2v) is 8.42. The van der Waals surface area contributed by atoms with Crippen LogP contribution in [-0.4, -0.2) is 26.2 Å². The molecule has 0 spiro atoms. The second-order valence-electron chi connectivity index (χ2n) is 6.88. The van der Waals surface area contributed by atoms with Crippen LogP contribution in [0.25, 0.3) is 0 Å². The lowest BCUT2D eigenvalue weighted by Gasteiger charge is -2.13. The quantitative estimate of drug-likeness (QED) is 0.517. The van der Waals surface area contributed by atoms with Crippen molar-refractivity contribution in [2.75, 3.05) is 6.54 Å². The minimum atomic E-state index is -3.95. The maximum Gasteiger partial charge on any atom is 0.407 e. The molecule has 0 aliphatic carbocycles. The highest BCUT2D eigenvalue weighted by Gasteiger charge is 2.17. The Kier molecular flexibility index (Phi) is 7.28. The van der Waals surface area contributed by atoms with Crippen LogP contribution in [0.15, 0.2) is 83.8 Å². The summed E-state index contributed by atoms with van der Waals surface area (Å²) in [6.45, 7) is 1.93. The first-order chi connectivity index (χ1) is 14.8. The summed E-state index contributed by atoms with van der Waals surface area (Å²) in [7, 11) is -3.95. The van der Waals surface area contributed by atoms with E-state index in [1.807, 2.05) is 37.3 Å². The van der Waals surface area contributed by atoms with Crippen LogP contribution in [0, 0.1) is 6.92 Å². The van der Waals surface area contributed by atoms with Crippen molar-refractivity contribution < 1.29 is 27.2 Å². The normalized spacial score (nSPS) is 12.1. The molecule has 0 saturated heterocycles. The number of benzene rings is 3. The summed E-state index contributed by atoms with van der Waals surface area (Å²) in [5.74, 6) is 0.117. The largest absolute Gasteiger partial charge is 0.445 e. The number of aliphatic hydroxyl groups excluding tert-OH is 1. The van der Waals surface area contributed by atoms with Crippen molar-refractivity contribution in [1.29, 1.82) is 0 Å². The van der Waals surface area contributed by atoms with Gasteiger partial charge in [0.15, 0.2) is 0 Å². The van der Waals surface area contributed by atoms with Crippen molar-refractivity contribution in [3.8, 4) is 5.75 Å². The summed E-state index contributed by atoms with van der Waals surface area (Å²) in [6.07, 6.45) is -1.64. The number of carbonyl (C=O) groups excluding carboxylic acids is 1. The number of alkyl carbamates (subject to hydrolysis) is 1. The average Bonchev–Trinajstić information content (AvgIpc) is 2.77. The molecule has 0 saturated carbocycles. The number of carbonyl (C=O) groups is 1. The van der Waals surface area contributed by atoms with Crippen LogP contribution in [-0.2, 0) is 21.5 Å². The van der Waals surface area contributed by atoms with E-state index in [-0.39, 0.29) is 23.8 Å². The lowest BCUT2D eigenvalue weighted by Crippen LogP contribution is -2.28. The van der Waals surface area contributed by atoms with E-state index in [0.717, 1.165) is 11.1 Å². The summed E-state index contributed by atoms with van der Waals surface area (Å²) < 4.78 is 34.9. The molecule has 1 amide bonds. The number of amides is 1. The highest BCUT2D eigenvalue weighted by molar-refractivity contribution is 7.87. The maximum atomic E-state index is 12.3. The van der Waals surface area contributed by atoms with Crippen LogP contribution in [0.5, 0.6) is 5.75 Å². The van der Waals surface area contributed by atoms with Crippen molar-refractivity contribution in [3.05, 3.63) is 95.6 Å². The number of nitrogens with one attached hydrogen (secondary N) is 1. The molecule has 0 heterocycles. The van der Waals surface area contributed by atoms with Gasteiger partial charge < -0.3 is 19.3 Å². The number of aliphatic hydroxyl groups is 1. The van der Waals surface area contributed by atoms with Crippen LogP contribution in [0.3, 0.4) is 0 Å². The predicted molar refractivity (Wildman–Crippen MR) is 115 cm³/mol. The molecule has 1 atom stereocenters. The van der Waals surface area contributed by atoms with E-state index in [1.54, 1.807) is 12.1 Å². The molecule has 0 fully saturated rings. The molecule has 0 unspecified atom stereocenters. The summed E-state index contributed by atoms with van der Waals surface area (Å²) >= 11 is 0. The molecule has 162 valence electrons. The fourth-order valence-electron chi connectivity index (χ4n) is 2.70. The van der Waals surface area contributed by atoms with E-state index >= 15 is 0 Å². The number of hydrogen-bond acceptors (Lipinski definition) is 6. The first-order valence-electron chi connectivity index (χ1n) is 9.57. The summed E-state index contributed by atoms with van der Waals surface area (Å²) in [6, 6.07) is 21.5. The van der Waals surface area contributed by atoms with Crippen LogP contribution >= 0.6 is 0 Å². The molecule has 3 rings (SSSR count). The van der Waals surface area contributed by atoms with Gasteiger partial charge in [0.05, 0.1) is 12.6 Å². The van der Waals surface area contributed by atoms with Gasteiger partial charge in [0.25, 0.3) is 0 Å². The molecule has 3 aromatic rings. The van der Waals surface area contributed by atoms with Gasteiger partial charge in [0, 0.05) is 0 Å². The molecule has 7 nitrogen and oxygen atoms in total. The van der Waals surface area contributed by atoms with Crippen molar-refractivity contribution in [3.63, 3.8) is 0 Å². The molecule has 0 radical (unpaired) electrons. The van der Waals surface area contributed by atoms with Gasteiger partial charge in [-0.3, -0.25) is 0 Å². The maximum absolute atomic E-state index is 12.3. The number of ether oxygens (including phenoxy) is 1. The number of aryl methyl sites for hydroxylation is 1. The zero-order chi connectivity index (χ0) is 22.3. The SMILES string of the molecule is Cc1ccc(S(=O)(=O)Oc2ccc([C@H](O)CNC(=O)OCc3ccccc3)cc2)cc1. The van der Waals surface area contributed by atoms with Crippen molar-refractivity contribution >= 4 is 16.2 Å². The van der Waals surface area contributed by atoms with E-state index in [0.29, 0.717) is 5.56 Å². The minimum absolute atomic E-state index is 0.0560. The number of rotatable bonds is 8. The van der Waals surface area contributed by atoms with E-state index in [1.165, 1.54) is 36.4 Å². The fraction of sp³-hybridized carbons (Fsp3) is 0.174. The Balaban J connectivity index is 1.50. The third-order valence-corrected chi connectivity index (χ3v) is 5.69. The topological polar surface area (TPSA) is 102 Å². The van der Waals surface area contributed by atoms with Gasteiger partial charge in [-0.2, -0.15) is 8.42 Å². The second kappa shape index (κ2) is 10.1. The van der Waals surface area contributed by atoms with Crippen LogP contribution in [0.1, 0.15) is 22.8 Å². The lowest BCUT2D eigenvalue weighted by atomic mass is 10.1. The average molecular weight is 442 g/mol. The Morgan fingerprint density at radius 2 is 1.61 bits per heavy atom. The Bertz CT molecular complexity index is 1100. The molecular weight excluding hydrogens is 418 g/mol. The van der Waals surface area contributed by atoms with Crippen LogP contribution in [0.4, 0.5) is 4.79 Å². The van der Waals surface area contributed by atoms with E-state index in [2.05, 4.69) is 5.32 Å². The minimum Gasteiger partial charge on any atom is -0.445 e. The van der Waals surface area contributed by atoms with Crippen LogP contribution < -0.4 is 9.50 Å². The van der Waals surface area contributed by atoms with Gasteiger partial charge >= 0.3 is 16.2 Å². The molecule has 31 heavy (non-hydrogen) atoms. The molecule has 2 N–H and O–H groups in total.